The van der Waals surface area contributed by atoms with Crippen LogP contribution in [0.5, 0.6) is 0 Å². The van der Waals surface area contributed by atoms with Crippen molar-refractivity contribution in [2.75, 3.05) is 18.0 Å². The zero-order valence-corrected chi connectivity index (χ0v) is 23.9. The third kappa shape index (κ3) is 10.5. The van der Waals surface area contributed by atoms with Crippen LogP contribution in [-0.2, 0) is 20.9 Å². The fourth-order valence-electron chi connectivity index (χ4n) is 4.27. The lowest BCUT2D eigenvalue weighted by Crippen LogP contribution is -2.68. The largest absolute Gasteiger partial charge is 0.480 e. The fraction of sp³-hybridized carbons (Fsp3) is 0.467. The maximum absolute atomic E-state index is 13.5. The van der Waals surface area contributed by atoms with E-state index in [1.54, 1.807) is 11.0 Å². The normalized spacial score (nSPS) is 13.9. The first kappa shape index (κ1) is 33.2. The number of carboxylic acids is 1. The van der Waals surface area contributed by atoms with Gasteiger partial charge in [0.15, 0.2) is 5.66 Å². The Labute approximate surface area is 241 Å². The molecule has 7 N–H and O–H groups in total. The Bertz CT molecular complexity index is 1150. The molecule has 0 radical (unpaired) electrons. The number of rotatable bonds is 14. The predicted octanol–water partition coefficient (Wildman–Crippen LogP) is 3.51. The summed E-state index contributed by atoms with van der Waals surface area (Å²) >= 11 is 0. The second kappa shape index (κ2) is 17.0. The van der Waals surface area contributed by atoms with Crippen molar-refractivity contribution in [3.63, 3.8) is 0 Å². The number of nitrogens with zero attached hydrogens (tertiary/aromatic N) is 1. The van der Waals surface area contributed by atoms with E-state index in [0.717, 1.165) is 12.0 Å². The molecule has 41 heavy (non-hydrogen) atoms. The number of cyclic esters (lactones) is 1. The second-order valence-corrected chi connectivity index (χ2v) is 9.92. The van der Waals surface area contributed by atoms with Gasteiger partial charge >= 0.3 is 18.0 Å². The Morgan fingerprint density at radius 1 is 1.05 bits per heavy atom. The molecule has 0 fully saturated rings. The van der Waals surface area contributed by atoms with Crippen molar-refractivity contribution in [2.24, 2.45) is 11.5 Å². The number of hydrogen-bond donors (Lipinski definition) is 5. The van der Waals surface area contributed by atoms with Crippen molar-refractivity contribution in [3.05, 3.63) is 65.7 Å². The predicted molar refractivity (Wildman–Crippen MR) is 157 cm³/mol. The Hall–Kier alpha value is -3.96. The molecule has 3 rings (SSSR count). The lowest BCUT2D eigenvalue weighted by molar-refractivity contribution is -0.139. The van der Waals surface area contributed by atoms with Gasteiger partial charge in [0.1, 0.15) is 12.6 Å². The van der Waals surface area contributed by atoms with Crippen molar-refractivity contribution in [1.29, 1.82) is 0 Å². The number of nitrogens with one attached hydrogen (secondary N) is 2. The molecule has 0 saturated heterocycles. The van der Waals surface area contributed by atoms with Crippen LogP contribution in [0.3, 0.4) is 0 Å². The van der Waals surface area contributed by atoms with Gasteiger partial charge in [-0.3, -0.25) is 4.79 Å². The molecule has 1 heterocycles. The first-order valence-electron chi connectivity index (χ1n) is 14.1. The number of hydrogen-bond acceptors (Lipinski definition) is 7. The van der Waals surface area contributed by atoms with E-state index < -0.39 is 29.6 Å². The van der Waals surface area contributed by atoms with Gasteiger partial charge in [-0.1, -0.05) is 50.6 Å². The Balaban J connectivity index is 0.000000484. The number of benzene rings is 2. The number of ether oxygens (including phenoxy) is 1. The molecule has 224 valence electrons. The van der Waals surface area contributed by atoms with Crippen molar-refractivity contribution in [1.82, 2.24) is 10.6 Å². The maximum Gasteiger partial charge on any atom is 0.338 e. The van der Waals surface area contributed by atoms with Gasteiger partial charge in [-0.25, -0.2) is 14.4 Å². The molecule has 0 aliphatic carbocycles. The van der Waals surface area contributed by atoms with E-state index in [2.05, 4.69) is 10.6 Å². The topological polar surface area (TPSA) is 177 Å². The first-order chi connectivity index (χ1) is 19.6. The highest BCUT2D eigenvalue weighted by molar-refractivity contribution is 6.02. The highest BCUT2D eigenvalue weighted by atomic mass is 16.5. The summed E-state index contributed by atoms with van der Waals surface area (Å²) in [5, 5.41) is 14.4. The molecule has 11 heteroatoms. The molecule has 2 atom stereocenters. The van der Waals surface area contributed by atoms with E-state index in [1.807, 2.05) is 62.4 Å². The molecule has 0 spiro atoms. The number of unbranched alkanes of at least 4 members (excludes halogenated alkanes) is 2. The molecular weight excluding hydrogens is 526 g/mol. The van der Waals surface area contributed by atoms with Gasteiger partial charge in [-0.05, 0) is 74.9 Å². The van der Waals surface area contributed by atoms with Gasteiger partial charge < -0.3 is 36.8 Å². The zero-order valence-electron chi connectivity index (χ0n) is 23.9. The fourth-order valence-corrected chi connectivity index (χ4v) is 4.27. The number of aliphatic carboxylic acids is 1. The molecule has 2 unspecified atom stereocenters. The minimum absolute atomic E-state index is 0.215. The van der Waals surface area contributed by atoms with Crippen LogP contribution < -0.4 is 27.0 Å². The third-order valence-corrected chi connectivity index (χ3v) is 6.49. The third-order valence-electron chi connectivity index (χ3n) is 6.49. The maximum atomic E-state index is 13.5. The van der Waals surface area contributed by atoms with Gasteiger partial charge in [0.2, 0.25) is 0 Å². The van der Waals surface area contributed by atoms with Crippen LogP contribution in [0, 0.1) is 0 Å². The van der Waals surface area contributed by atoms with Crippen molar-refractivity contribution >= 4 is 29.6 Å². The van der Waals surface area contributed by atoms with Crippen molar-refractivity contribution < 1.29 is 29.0 Å². The number of nitrogens with two attached hydrogens (primary N) is 2. The average molecular weight is 570 g/mol. The van der Waals surface area contributed by atoms with E-state index in [9.17, 15) is 24.3 Å². The summed E-state index contributed by atoms with van der Waals surface area (Å²) in [5.41, 5.74) is 12.6. The monoisotopic (exact) mass is 569 g/mol. The van der Waals surface area contributed by atoms with Crippen LogP contribution in [0.1, 0.15) is 74.7 Å². The average Bonchev–Trinajstić information content (AvgIpc) is 2.97. The number of carbonyl (C=O) groups excluding carboxylic acids is 3. The van der Waals surface area contributed by atoms with E-state index in [0.29, 0.717) is 56.6 Å². The summed E-state index contributed by atoms with van der Waals surface area (Å²) in [6, 6.07) is 14.7. The summed E-state index contributed by atoms with van der Waals surface area (Å²) in [7, 11) is 0. The van der Waals surface area contributed by atoms with Gasteiger partial charge in [-0.15, -0.1) is 0 Å². The lowest BCUT2D eigenvalue weighted by atomic mass is 10.0. The Morgan fingerprint density at radius 3 is 2.39 bits per heavy atom. The minimum atomic E-state index is -1.66. The van der Waals surface area contributed by atoms with E-state index in [1.165, 1.54) is 0 Å². The molecule has 2 aromatic rings. The number of anilines is 1. The molecule has 2 aromatic carbocycles. The molecule has 0 saturated carbocycles. The van der Waals surface area contributed by atoms with Gasteiger partial charge in [0.05, 0.1) is 5.56 Å². The molecule has 0 aromatic heterocycles. The second-order valence-electron chi connectivity index (χ2n) is 9.92. The van der Waals surface area contributed by atoms with E-state index >= 15 is 0 Å². The molecule has 11 nitrogen and oxygen atoms in total. The quantitative estimate of drug-likeness (QED) is 0.130. The lowest BCUT2D eigenvalue weighted by Gasteiger charge is -2.35. The number of esters is 1. The van der Waals surface area contributed by atoms with Gasteiger partial charge in [0.25, 0.3) is 5.91 Å². The Morgan fingerprint density at radius 2 is 1.78 bits per heavy atom. The summed E-state index contributed by atoms with van der Waals surface area (Å²) in [5.74, 6) is -1.79. The van der Waals surface area contributed by atoms with E-state index in [4.69, 9.17) is 16.2 Å². The minimum Gasteiger partial charge on any atom is -0.480 e. The van der Waals surface area contributed by atoms with Crippen LogP contribution in [0.25, 0.3) is 0 Å². The summed E-state index contributed by atoms with van der Waals surface area (Å²) < 4.78 is 4.82. The molecular formula is C30H43N5O6. The smallest absolute Gasteiger partial charge is 0.338 e. The number of para-hydroxylation sites is 1. The van der Waals surface area contributed by atoms with Crippen LogP contribution in [-0.4, -0.2) is 53.8 Å². The zero-order chi connectivity index (χ0) is 30.3. The SMILES string of the molecule is CCCCC(N)(NC(=O)NC(CCCCN)C(=O)O)C(=O)N(CCC)c1ccccc1.O=C1OCc2cccc1c2. The highest BCUT2D eigenvalue weighted by Gasteiger charge is 2.39. The van der Waals surface area contributed by atoms with Crippen LogP contribution in [0.2, 0.25) is 0 Å². The van der Waals surface area contributed by atoms with E-state index in [-0.39, 0.29) is 18.8 Å². The highest BCUT2D eigenvalue weighted by Crippen LogP contribution is 2.20. The summed E-state index contributed by atoms with van der Waals surface area (Å²) in [6.07, 6.45) is 3.81. The van der Waals surface area contributed by atoms with Crippen molar-refractivity contribution in [2.45, 2.75) is 77.1 Å². The first-order valence-corrected chi connectivity index (χ1v) is 14.1. The number of amides is 3. The Kier molecular flexibility index (Phi) is 13.8. The molecule has 2 bridgehead atoms. The number of urea groups is 1. The molecule has 1 aliphatic heterocycles. The summed E-state index contributed by atoms with van der Waals surface area (Å²) in [6.45, 7) is 5.22. The van der Waals surface area contributed by atoms with Gasteiger partial charge in [0, 0.05) is 12.2 Å². The van der Waals surface area contributed by atoms with Crippen LogP contribution in [0.4, 0.5) is 10.5 Å². The number of carbonyl (C=O) groups is 4. The number of carboxylic acid groups (broad SMARTS) is 1. The van der Waals surface area contributed by atoms with Crippen molar-refractivity contribution in [3.8, 4) is 0 Å². The van der Waals surface area contributed by atoms with Crippen LogP contribution >= 0.6 is 0 Å². The molecule has 3 amide bonds. The standard InChI is InChI=1S/C22H37N5O4.C8H6O2/c1-3-5-14-22(24,20(30)27(16-4-2)17-11-7-6-8-12-17)26-21(31)25-18(19(28)29)13-9-10-15-23;9-8-7-3-1-2-6(4-7)5-10-8/h6-8,11-12,18H,3-5,9-10,13-16,23-24H2,1-2H3,(H,28,29)(H2,25,26,31);1-4H,5H2. The summed E-state index contributed by atoms with van der Waals surface area (Å²) in [4.78, 5) is 50.0. The molecule has 1 aliphatic rings. The van der Waals surface area contributed by atoms with Gasteiger partial charge in [-0.2, -0.15) is 0 Å². The van der Waals surface area contributed by atoms with Crippen LogP contribution in [0.15, 0.2) is 54.6 Å². The number of fused-ring (bicyclic) bond motifs is 2.